The fourth-order valence-corrected chi connectivity index (χ4v) is 3.63. The SMILES string of the molecule is CCCCCCCCCC[C@@H](CN(CC)CC)[C@H](O)c1ccccc1. The molecule has 0 spiro atoms. The number of nitrogens with zero attached hydrogens (tertiary/aromatic N) is 1. The summed E-state index contributed by atoms with van der Waals surface area (Å²) in [5.74, 6) is 0.336. The Hall–Kier alpha value is -0.860. The van der Waals surface area contributed by atoms with Crippen LogP contribution in [0.15, 0.2) is 30.3 Å². The Bertz CT molecular complexity index is 402. The van der Waals surface area contributed by atoms with E-state index in [2.05, 4.69) is 37.8 Å². The minimum atomic E-state index is -0.341. The normalized spacial score (nSPS) is 14.0. The Morgan fingerprint density at radius 1 is 0.800 bits per heavy atom. The first-order valence-corrected chi connectivity index (χ1v) is 10.7. The van der Waals surface area contributed by atoms with E-state index in [4.69, 9.17) is 0 Å². The van der Waals surface area contributed by atoms with Gasteiger partial charge < -0.3 is 10.0 Å². The van der Waals surface area contributed by atoms with Crippen molar-refractivity contribution in [2.24, 2.45) is 5.92 Å². The van der Waals surface area contributed by atoms with Gasteiger partial charge >= 0.3 is 0 Å². The average Bonchev–Trinajstić information content (AvgIpc) is 2.66. The fraction of sp³-hybridized carbons (Fsp3) is 0.739. The van der Waals surface area contributed by atoms with E-state index in [1.807, 2.05) is 18.2 Å². The number of hydrogen-bond donors (Lipinski definition) is 1. The van der Waals surface area contributed by atoms with Crippen molar-refractivity contribution in [1.29, 1.82) is 0 Å². The second kappa shape index (κ2) is 14.3. The van der Waals surface area contributed by atoms with Crippen LogP contribution in [0, 0.1) is 5.92 Å². The predicted octanol–water partition coefficient (Wildman–Crippen LogP) is 6.21. The lowest BCUT2D eigenvalue weighted by atomic mass is 9.90. The number of aliphatic hydroxyl groups is 1. The Labute approximate surface area is 156 Å². The van der Waals surface area contributed by atoms with Gasteiger partial charge in [-0.05, 0) is 25.1 Å². The van der Waals surface area contributed by atoms with Crippen LogP contribution in [-0.2, 0) is 0 Å². The van der Waals surface area contributed by atoms with Crippen LogP contribution in [0.25, 0.3) is 0 Å². The van der Waals surface area contributed by atoms with Crippen molar-refractivity contribution < 1.29 is 5.11 Å². The molecule has 0 aliphatic rings. The molecule has 144 valence electrons. The number of unbranched alkanes of at least 4 members (excludes halogenated alkanes) is 7. The molecule has 0 radical (unpaired) electrons. The van der Waals surface area contributed by atoms with Gasteiger partial charge in [0.15, 0.2) is 0 Å². The number of aliphatic hydroxyl groups excluding tert-OH is 1. The molecular weight excluding hydrogens is 306 g/mol. The standard InChI is InChI=1S/C23H41NO/c1-4-7-8-9-10-11-12-14-19-22(20-24(5-2)6-3)23(25)21-17-15-13-16-18-21/h13,15-18,22-23,25H,4-12,14,19-20H2,1-3H3/t22-,23+/m0/s1. The molecule has 2 atom stereocenters. The Balaban J connectivity index is 2.43. The number of hydrogen-bond acceptors (Lipinski definition) is 2. The highest BCUT2D eigenvalue weighted by Crippen LogP contribution is 2.27. The molecule has 2 nitrogen and oxygen atoms in total. The molecule has 1 aromatic rings. The Morgan fingerprint density at radius 2 is 1.36 bits per heavy atom. The summed E-state index contributed by atoms with van der Waals surface area (Å²) in [5, 5.41) is 10.9. The molecule has 0 fully saturated rings. The number of benzene rings is 1. The highest BCUT2D eigenvalue weighted by molar-refractivity contribution is 5.18. The summed E-state index contributed by atoms with van der Waals surface area (Å²) < 4.78 is 0. The van der Waals surface area contributed by atoms with Crippen molar-refractivity contribution in [2.45, 2.75) is 84.7 Å². The van der Waals surface area contributed by atoms with Crippen molar-refractivity contribution >= 4 is 0 Å². The fourth-order valence-electron chi connectivity index (χ4n) is 3.63. The predicted molar refractivity (Wildman–Crippen MR) is 110 cm³/mol. The van der Waals surface area contributed by atoms with Crippen LogP contribution >= 0.6 is 0 Å². The summed E-state index contributed by atoms with van der Waals surface area (Å²) in [6.45, 7) is 9.82. The molecule has 0 unspecified atom stereocenters. The third-order valence-electron chi connectivity index (χ3n) is 5.40. The molecule has 0 saturated carbocycles. The third-order valence-corrected chi connectivity index (χ3v) is 5.40. The van der Waals surface area contributed by atoms with Gasteiger partial charge in [-0.3, -0.25) is 0 Å². The van der Waals surface area contributed by atoms with Gasteiger partial charge in [-0.1, -0.05) is 102 Å². The Kier molecular flexibility index (Phi) is 12.7. The van der Waals surface area contributed by atoms with Crippen LogP contribution in [-0.4, -0.2) is 29.6 Å². The molecule has 1 aromatic carbocycles. The smallest absolute Gasteiger partial charge is 0.0830 e. The van der Waals surface area contributed by atoms with Crippen molar-refractivity contribution in [2.75, 3.05) is 19.6 Å². The minimum Gasteiger partial charge on any atom is -0.388 e. The average molecular weight is 348 g/mol. The summed E-state index contributed by atoms with van der Waals surface area (Å²) in [6.07, 6.45) is 11.6. The molecule has 0 aliphatic heterocycles. The maximum Gasteiger partial charge on any atom is 0.0830 e. The van der Waals surface area contributed by atoms with Crippen LogP contribution in [0.3, 0.4) is 0 Å². The van der Waals surface area contributed by atoms with E-state index in [-0.39, 0.29) is 6.10 Å². The van der Waals surface area contributed by atoms with Gasteiger partial charge in [0.2, 0.25) is 0 Å². The maximum atomic E-state index is 10.9. The molecule has 0 aromatic heterocycles. The van der Waals surface area contributed by atoms with Gasteiger partial charge in [0.1, 0.15) is 0 Å². The van der Waals surface area contributed by atoms with Crippen molar-refractivity contribution in [3.63, 3.8) is 0 Å². The molecule has 0 heterocycles. The highest BCUT2D eigenvalue weighted by atomic mass is 16.3. The zero-order valence-corrected chi connectivity index (χ0v) is 16.9. The van der Waals surface area contributed by atoms with E-state index in [1.165, 1.54) is 51.4 Å². The first-order valence-electron chi connectivity index (χ1n) is 10.7. The van der Waals surface area contributed by atoms with Crippen molar-refractivity contribution in [3.8, 4) is 0 Å². The van der Waals surface area contributed by atoms with Gasteiger partial charge in [0.05, 0.1) is 6.10 Å². The van der Waals surface area contributed by atoms with E-state index in [1.54, 1.807) is 0 Å². The molecule has 0 bridgehead atoms. The third kappa shape index (κ3) is 9.42. The van der Waals surface area contributed by atoms with E-state index in [0.29, 0.717) is 5.92 Å². The zero-order chi connectivity index (χ0) is 18.3. The van der Waals surface area contributed by atoms with Gasteiger partial charge in [-0.2, -0.15) is 0 Å². The van der Waals surface area contributed by atoms with Crippen LogP contribution in [0.5, 0.6) is 0 Å². The largest absolute Gasteiger partial charge is 0.388 e. The van der Waals surface area contributed by atoms with Crippen LogP contribution in [0.2, 0.25) is 0 Å². The first-order chi connectivity index (χ1) is 12.2. The quantitative estimate of drug-likeness (QED) is 0.381. The first kappa shape index (κ1) is 22.2. The summed E-state index contributed by atoms with van der Waals surface area (Å²) in [7, 11) is 0. The molecule has 0 saturated heterocycles. The van der Waals surface area contributed by atoms with Gasteiger partial charge in [0, 0.05) is 12.5 Å². The van der Waals surface area contributed by atoms with Gasteiger partial charge in [-0.15, -0.1) is 0 Å². The molecule has 1 rings (SSSR count). The monoisotopic (exact) mass is 347 g/mol. The highest BCUT2D eigenvalue weighted by Gasteiger charge is 2.22. The Morgan fingerprint density at radius 3 is 1.92 bits per heavy atom. The summed E-state index contributed by atoms with van der Waals surface area (Å²) in [6, 6.07) is 10.2. The minimum absolute atomic E-state index is 0.336. The zero-order valence-electron chi connectivity index (χ0n) is 16.9. The van der Waals surface area contributed by atoms with Crippen LogP contribution in [0.4, 0.5) is 0 Å². The van der Waals surface area contributed by atoms with Crippen molar-refractivity contribution in [3.05, 3.63) is 35.9 Å². The molecule has 25 heavy (non-hydrogen) atoms. The maximum absolute atomic E-state index is 10.9. The van der Waals surface area contributed by atoms with E-state index >= 15 is 0 Å². The van der Waals surface area contributed by atoms with Crippen molar-refractivity contribution in [1.82, 2.24) is 4.90 Å². The lowest BCUT2D eigenvalue weighted by Crippen LogP contribution is -2.32. The van der Waals surface area contributed by atoms with E-state index < -0.39 is 0 Å². The van der Waals surface area contributed by atoms with Gasteiger partial charge in [0.25, 0.3) is 0 Å². The molecule has 1 N–H and O–H groups in total. The molecule has 2 heteroatoms. The summed E-state index contributed by atoms with van der Waals surface area (Å²) in [5.41, 5.74) is 1.07. The molecule has 0 aliphatic carbocycles. The second-order valence-electron chi connectivity index (χ2n) is 7.36. The van der Waals surface area contributed by atoms with E-state index in [0.717, 1.165) is 31.6 Å². The lowest BCUT2D eigenvalue weighted by molar-refractivity contribution is 0.0746. The second-order valence-corrected chi connectivity index (χ2v) is 7.36. The lowest BCUT2D eigenvalue weighted by Gasteiger charge is -2.29. The molecule has 0 amide bonds. The van der Waals surface area contributed by atoms with E-state index in [9.17, 15) is 5.11 Å². The topological polar surface area (TPSA) is 23.5 Å². The summed E-state index contributed by atoms with van der Waals surface area (Å²) in [4.78, 5) is 2.45. The van der Waals surface area contributed by atoms with Crippen LogP contribution < -0.4 is 0 Å². The van der Waals surface area contributed by atoms with Gasteiger partial charge in [-0.25, -0.2) is 0 Å². The molecular formula is C23H41NO. The number of rotatable bonds is 15. The summed E-state index contributed by atoms with van der Waals surface area (Å²) >= 11 is 0. The van der Waals surface area contributed by atoms with Crippen LogP contribution in [0.1, 0.15) is 90.2 Å².